The van der Waals surface area contributed by atoms with Gasteiger partial charge in [-0.15, -0.1) is 0 Å². The van der Waals surface area contributed by atoms with E-state index in [4.69, 9.17) is 5.73 Å². The Kier molecular flexibility index (Phi) is 5.65. The van der Waals surface area contributed by atoms with Gasteiger partial charge in [0.25, 0.3) is 0 Å². The Morgan fingerprint density at radius 2 is 2.12 bits per heavy atom. The molecule has 0 aliphatic heterocycles. The van der Waals surface area contributed by atoms with Crippen molar-refractivity contribution in [3.8, 4) is 0 Å². The van der Waals surface area contributed by atoms with Crippen molar-refractivity contribution in [1.82, 2.24) is 0 Å². The van der Waals surface area contributed by atoms with Crippen molar-refractivity contribution in [3.05, 3.63) is 28.2 Å². The topological polar surface area (TPSA) is 46.3 Å². The van der Waals surface area contributed by atoms with Gasteiger partial charge in [-0.05, 0) is 50.1 Å². The first kappa shape index (κ1) is 14.2. The summed E-state index contributed by atoms with van der Waals surface area (Å²) in [5, 5.41) is 0. The lowest BCUT2D eigenvalue weighted by molar-refractivity contribution is -0.118. The molecule has 0 radical (unpaired) electrons. The second-order valence-corrected chi connectivity index (χ2v) is 4.99. The molecule has 2 N–H and O–H groups in total. The Hall–Kier alpha value is -0.870. The van der Waals surface area contributed by atoms with E-state index >= 15 is 0 Å². The SMILES string of the molecule is Cc1cc(N(C)C(=O)CCCCN)ccc1Br. The molecule has 0 unspecified atom stereocenters. The molecule has 0 aliphatic rings. The molecule has 0 aromatic heterocycles. The highest BCUT2D eigenvalue weighted by molar-refractivity contribution is 9.10. The minimum atomic E-state index is 0.139. The van der Waals surface area contributed by atoms with Crippen LogP contribution in [0.25, 0.3) is 0 Å². The molecule has 0 heterocycles. The van der Waals surface area contributed by atoms with E-state index in [1.54, 1.807) is 4.90 Å². The number of nitrogens with zero attached hydrogens (tertiary/aromatic N) is 1. The quantitative estimate of drug-likeness (QED) is 0.850. The maximum Gasteiger partial charge on any atom is 0.226 e. The molecule has 0 bridgehead atoms. The van der Waals surface area contributed by atoms with Crippen LogP contribution in [0, 0.1) is 6.92 Å². The predicted molar refractivity (Wildman–Crippen MR) is 75.2 cm³/mol. The Morgan fingerprint density at radius 3 is 2.71 bits per heavy atom. The highest BCUT2D eigenvalue weighted by Crippen LogP contribution is 2.22. The largest absolute Gasteiger partial charge is 0.330 e. The molecule has 4 heteroatoms. The highest BCUT2D eigenvalue weighted by Gasteiger charge is 2.10. The molecule has 0 aliphatic carbocycles. The molecule has 0 saturated carbocycles. The average molecular weight is 299 g/mol. The smallest absolute Gasteiger partial charge is 0.226 e. The van der Waals surface area contributed by atoms with Gasteiger partial charge in [-0.25, -0.2) is 0 Å². The third-order valence-corrected chi connectivity index (χ3v) is 3.64. The van der Waals surface area contributed by atoms with E-state index in [1.165, 1.54) is 0 Å². The van der Waals surface area contributed by atoms with Crippen LogP contribution >= 0.6 is 15.9 Å². The van der Waals surface area contributed by atoms with Crippen LogP contribution in [0.1, 0.15) is 24.8 Å². The van der Waals surface area contributed by atoms with Crippen LogP contribution < -0.4 is 10.6 Å². The van der Waals surface area contributed by atoms with Crippen molar-refractivity contribution in [1.29, 1.82) is 0 Å². The normalized spacial score (nSPS) is 10.4. The summed E-state index contributed by atoms with van der Waals surface area (Å²) in [6.45, 7) is 2.66. The van der Waals surface area contributed by atoms with Crippen LogP contribution in [-0.2, 0) is 4.79 Å². The Bertz CT molecular complexity index is 393. The van der Waals surface area contributed by atoms with Crippen molar-refractivity contribution in [2.45, 2.75) is 26.2 Å². The van der Waals surface area contributed by atoms with Crippen molar-refractivity contribution in [2.75, 3.05) is 18.5 Å². The van der Waals surface area contributed by atoms with E-state index in [0.29, 0.717) is 13.0 Å². The highest BCUT2D eigenvalue weighted by atomic mass is 79.9. The zero-order valence-electron chi connectivity index (χ0n) is 10.4. The van der Waals surface area contributed by atoms with Gasteiger partial charge < -0.3 is 10.6 Å². The molecule has 1 rings (SSSR count). The van der Waals surface area contributed by atoms with Crippen molar-refractivity contribution in [3.63, 3.8) is 0 Å². The van der Waals surface area contributed by atoms with E-state index in [0.717, 1.165) is 28.6 Å². The molecule has 94 valence electrons. The van der Waals surface area contributed by atoms with Crippen LogP contribution in [0.2, 0.25) is 0 Å². The molecule has 1 aromatic carbocycles. The van der Waals surface area contributed by atoms with Gasteiger partial charge in [0, 0.05) is 23.6 Å². The number of unbranched alkanes of at least 4 members (excludes halogenated alkanes) is 1. The molecule has 1 aromatic rings. The fourth-order valence-corrected chi connectivity index (χ4v) is 1.82. The van der Waals surface area contributed by atoms with Gasteiger partial charge in [0.05, 0.1) is 0 Å². The van der Waals surface area contributed by atoms with E-state index in [1.807, 2.05) is 32.2 Å². The number of benzene rings is 1. The van der Waals surface area contributed by atoms with Gasteiger partial charge >= 0.3 is 0 Å². The Balaban J connectivity index is 2.65. The molecule has 3 nitrogen and oxygen atoms in total. The second kappa shape index (κ2) is 6.77. The number of anilines is 1. The zero-order chi connectivity index (χ0) is 12.8. The molecule has 17 heavy (non-hydrogen) atoms. The number of hydrogen-bond donors (Lipinski definition) is 1. The first-order valence-corrected chi connectivity index (χ1v) is 6.58. The minimum Gasteiger partial charge on any atom is -0.330 e. The summed E-state index contributed by atoms with van der Waals surface area (Å²) in [7, 11) is 1.81. The van der Waals surface area contributed by atoms with Gasteiger partial charge in [-0.3, -0.25) is 4.79 Å². The van der Waals surface area contributed by atoms with Crippen molar-refractivity contribution >= 4 is 27.5 Å². The Labute approximate surface area is 111 Å². The number of nitrogens with two attached hydrogens (primary N) is 1. The van der Waals surface area contributed by atoms with Gasteiger partial charge in [-0.1, -0.05) is 15.9 Å². The lowest BCUT2D eigenvalue weighted by Gasteiger charge is -2.18. The number of hydrogen-bond acceptors (Lipinski definition) is 2. The first-order valence-electron chi connectivity index (χ1n) is 5.79. The third kappa shape index (κ3) is 4.13. The average Bonchev–Trinajstić information content (AvgIpc) is 2.32. The van der Waals surface area contributed by atoms with Gasteiger partial charge in [0.1, 0.15) is 0 Å². The van der Waals surface area contributed by atoms with Crippen LogP contribution in [0.5, 0.6) is 0 Å². The molecular formula is C13H19BrN2O. The fraction of sp³-hybridized carbons (Fsp3) is 0.462. The van der Waals surface area contributed by atoms with Crippen LogP contribution in [0.15, 0.2) is 22.7 Å². The fourth-order valence-electron chi connectivity index (χ4n) is 1.57. The lowest BCUT2D eigenvalue weighted by Crippen LogP contribution is -2.26. The first-order chi connectivity index (χ1) is 8.06. The summed E-state index contributed by atoms with van der Waals surface area (Å²) >= 11 is 3.45. The maximum absolute atomic E-state index is 11.9. The molecule has 1 amide bonds. The number of carbonyl (C=O) groups excluding carboxylic acids is 1. The van der Waals surface area contributed by atoms with E-state index in [-0.39, 0.29) is 5.91 Å². The standard InChI is InChI=1S/C13H19BrN2O/c1-10-9-11(6-7-12(10)14)16(2)13(17)5-3-4-8-15/h6-7,9H,3-5,8,15H2,1-2H3. The summed E-state index contributed by atoms with van der Waals surface area (Å²) in [5.41, 5.74) is 7.47. The predicted octanol–water partition coefficient (Wildman–Crippen LogP) is 2.85. The lowest BCUT2D eigenvalue weighted by atomic mass is 10.2. The summed E-state index contributed by atoms with van der Waals surface area (Å²) in [5.74, 6) is 0.139. The zero-order valence-corrected chi connectivity index (χ0v) is 12.0. The van der Waals surface area contributed by atoms with Crippen LogP contribution in [0.3, 0.4) is 0 Å². The second-order valence-electron chi connectivity index (χ2n) is 4.13. The van der Waals surface area contributed by atoms with Gasteiger partial charge in [0.15, 0.2) is 0 Å². The van der Waals surface area contributed by atoms with E-state index in [9.17, 15) is 4.79 Å². The summed E-state index contributed by atoms with van der Waals surface area (Å²) < 4.78 is 1.06. The maximum atomic E-state index is 11.9. The van der Waals surface area contributed by atoms with Crippen LogP contribution in [0.4, 0.5) is 5.69 Å². The molecule has 0 spiro atoms. The van der Waals surface area contributed by atoms with Crippen molar-refractivity contribution in [2.24, 2.45) is 5.73 Å². The monoisotopic (exact) mass is 298 g/mol. The molecule has 0 saturated heterocycles. The van der Waals surface area contributed by atoms with E-state index in [2.05, 4.69) is 15.9 Å². The molecule has 0 atom stereocenters. The summed E-state index contributed by atoms with van der Waals surface area (Å²) in [6, 6.07) is 5.91. The van der Waals surface area contributed by atoms with Gasteiger partial charge in [-0.2, -0.15) is 0 Å². The Morgan fingerprint density at radius 1 is 1.41 bits per heavy atom. The number of rotatable bonds is 5. The third-order valence-electron chi connectivity index (χ3n) is 2.75. The number of amides is 1. The molecular weight excluding hydrogens is 280 g/mol. The summed E-state index contributed by atoms with van der Waals surface area (Å²) in [4.78, 5) is 13.6. The number of halogens is 1. The van der Waals surface area contributed by atoms with E-state index < -0.39 is 0 Å². The van der Waals surface area contributed by atoms with Gasteiger partial charge in [0.2, 0.25) is 5.91 Å². The minimum absolute atomic E-state index is 0.139. The number of carbonyl (C=O) groups is 1. The number of aryl methyl sites for hydroxylation is 1. The van der Waals surface area contributed by atoms with Crippen molar-refractivity contribution < 1.29 is 4.79 Å². The molecule has 0 fully saturated rings. The summed E-state index contributed by atoms with van der Waals surface area (Å²) in [6.07, 6.45) is 2.32. The van der Waals surface area contributed by atoms with Crippen LogP contribution in [-0.4, -0.2) is 19.5 Å².